The number of ether oxygens (including phenoxy) is 1. The van der Waals surface area contributed by atoms with Crippen molar-refractivity contribution in [2.75, 3.05) is 18.0 Å². The van der Waals surface area contributed by atoms with Gasteiger partial charge < -0.3 is 15.4 Å². The first-order valence-corrected chi connectivity index (χ1v) is 7.61. The number of amides is 1. The van der Waals surface area contributed by atoms with Gasteiger partial charge in [0, 0.05) is 17.1 Å². The zero-order chi connectivity index (χ0) is 15.5. The molecule has 4 nitrogen and oxygen atoms in total. The molecule has 1 atom stereocenters. The largest absolute Gasteiger partial charge is 0.474 e. The third-order valence-electron chi connectivity index (χ3n) is 3.64. The summed E-state index contributed by atoms with van der Waals surface area (Å²) in [7, 11) is 0. The molecule has 0 aromatic heterocycles. The van der Waals surface area contributed by atoms with Crippen LogP contribution in [0.3, 0.4) is 0 Å². The molecule has 0 spiro atoms. The van der Waals surface area contributed by atoms with E-state index in [1.54, 1.807) is 23.1 Å². The van der Waals surface area contributed by atoms with Gasteiger partial charge in [-0.15, -0.1) is 0 Å². The second kappa shape index (κ2) is 6.38. The van der Waals surface area contributed by atoms with Gasteiger partial charge in [-0.1, -0.05) is 41.9 Å². The van der Waals surface area contributed by atoms with Crippen LogP contribution in [0.4, 0.5) is 5.69 Å². The summed E-state index contributed by atoms with van der Waals surface area (Å²) in [6.45, 7) is 1.08. The smallest absolute Gasteiger partial charge is 0.272 e. The van der Waals surface area contributed by atoms with Crippen molar-refractivity contribution in [3.05, 3.63) is 59.1 Å². The van der Waals surface area contributed by atoms with Crippen molar-refractivity contribution in [3.8, 4) is 5.75 Å². The molecule has 0 bridgehead atoms. The second-order valence-electron chi connectivity index (χ2n) is 5.15. The van der Waals surface area contributed by atoms with Crippen molar-refractivity contribution >= 4 is 23.2 Å². The van der Waals surface area contributed by atoms with Crippen molar-refractivity contribution in [1.29, 1.82) is 0 Å². The molecular formula is C17H17ClN2O2. The molecule has 0 saturated carbocycles. The molecule has 0 aliphatic carbocycles. The van der Waals surface area contributed by atoms with Crippen LogP contribution in [0.5, 0.6) is 5.75 Å². The minimum Gasteiger partial charge on any atom is -0.474 e. The molecule has 0 radical (unpaired) electrons. The molecule has 1 aliphatic rings. The van der Waals surface area contributed by atoms with Gasteiger partial charge in [0.15, 0.2) is 0 Å². The first-order valence-electron chi connectivity index (χ1n) is 7.23. The molecule has 22 heavy (non-hydrogen) atoms. The SMILES string of the molecule is NCCCN1C(=O)C(c2ccccc2)Oc2ccc(Cl)cc21. The molecule has 1 amide bonds. The Balaban J connectivity index is 2.01. The van der Waals surface area contributed by atoms with E-state index < -0.39 is 6.10 Å². The van der Waals surface area contributed by atoms with E-state index in [9.17, 15) is 4.79 Å². The maximum absolute atomic E-state index is 12.8. The number of halogens is 1. The van der Waals surface area contributed by atoms with E-state index in [1.165, 1.54) is 0 Å². The Kier molecular flexibility index (Phi) is 4.32. The fourth-order valence-corrected chi connectivity index (χ4v) is 2.72. The maximum atomic E-state index is 12.8. The molecule has 0 saturated heterocycles. The molecule has 2 aromatic rings. The number of benzene rings is 2. The Morgan fingerprint density at radius 3 is 2.68 bits per heavy atom. The number of anilines is 1. The molecule has 2 aromatic carbocycles. The van der Waals surface area contributed by atoms with Gasteiger partial charge in [-0.25, -0.2) is 0 Å². The van der Waals surface area contributed by atoms with Crippen LogP contribution in [-0.4, -0.2) is 19.0 Å². The number of carbonyl (C=O) groups is 1. The highest BCUT2D eigenvalue weighted by Gasteiger charge is 2.35. The van der Waals surface area contributed by atoms with Gasteiger partial charge in [0.05, 0.1) is 5.69 Å². The fourth-order valence-electron chi connectivity index (χ4n) is 2.56. The van der Waals surface area contributed by atoms with Gasteiger partial charge in [0.1, 0.15) is 5.75 Å². The fraction of sp³-hybridized carbons (Fsp3) is 0.235. The lowest BCUT2D eigenvalue weighted by Gasteiger charge is -2.34. The van der Waals surface area contributed by atoms with E-state index in [2.05, 4.69) is 0 Å². The molecule has 5 heteroatoms. The minimum atomic E-state index is -0.632. The van der Waals surface area contributed by atoms with Crippen molar-refractivity contribution in [2.45, 2.75) is 12.5 Å². The number of nitrogens with zero attached hydrogens (tertiary/aromatic N) is 1. The van der Waals surface area contributed by atoms with Crippen LogP contribution >= 0.6 is 11.6 Å². The van der Waals surface area contributed by atoms with E-state index in [0.717, 1.165) is 12.0 Å². The highest BCUT2D eigenvalue weighted by atomic mass is 35.5. The minimum absolute atomic E-state index is 0.0885. The average molecular weight is 317 g/mol. The Labute approximate surface area is 134 Å². The van der Waals surface area contributed by atoms with Crippen molar-refractivity contribution in [3.63, 3.8) is 0 Å². The van der Waals surface area contributed by atoms with Crippen LogP contribution in [-0.2, 0) is 4.79 Å². The van der Waals surface area contributed by atoms with Crippen molar-refractivity contribution < 1.29 is 9.53 Å². The predicted octanol–water partition coefficient (Wildman–Crippen LogP) is 3.16. The summed E-state index contributed by atoms with van der Waals surface area (Å²) in [4.78, 5) is 14.5. The van der Waals surface area contributed by atoms with Crippen molar-refractivity contribution in [1.82, 2.24) is 0 Å². The molecule has 1 aliphatic heterocycles. The molecule has 2 N–H and O–H groups in total. The van der Waals surface area contributed by atoms with Gasteiger partial charge in [-0.3, -0.25) is 4.79 Å². The summed E-state index contributed by atoms with van der Waals surface area (Å²) >= 11 is 6.06. The van der Waals surface area contributed by atoms with E-state index in [0.29, 0.717) is 29.5 Å². The predicted molar refractivity (Wildman–Crippen MR) is 87.3 cm³/mol. The molecule has 0 fully saturated rings. The number of carbonyl (C=O) groups excluding carboxylic acids is 1. The number of hydrogen-bond donors (Lipinski definition) is 1. The first-order chi connectivity index (χ1) is 10.7. The van der Waals surface area contributed by atoms with Crippen LogP contribution in [0.2, 0.25) is 5.02 Å². The standard InChI is InChI=1S/C17H17ClN2O2/c18-13-7-8-15-14(11-13)20(10-4-9-19)17(21)16(22-15)12-5-2-1-3-6-12/h1-3,5-8,11,16H,4,9-10,19H2. The Hall–Kier alpha value is -2.04. The highest BCUT2D eigenvalue weighted by Crippen LogP contribution is 2.40. The van der Waals surface area contributed by atoms with Crippen LogP contribution in [0.15, 0.2) is 48.5 Å². The van der Waals surface area contributed by atoms with Crippen molar-refractivity contribution in [2.24, 2.45) is 5.73 Å². The average Bonchev–Trinajstić information content (AvgIpc) is 2.54. The van der Waals surface area contributed by atoms with Crippen LogP contribution in [0, 0.1) is 0 Å². The number of rotatable bonds is 4. The zero-order valence-electron chi connectivity index (χ0n) is 12.0. The van der Waals surface area contributed by atoms with E-state index in [4.69, 9.17) is 22.1 Å². The van der Waals surface area contributed by atoms with Gasteiger partial charge in [-0.05, 0) is 31.2 Å². The third kappa shape index (κ3) is 2.80. The number of nitrogens with two attached hydrogens (primary N) is 1. The summed E-state index contributed by atoms with van der Waals surface area (Å²) in [5.41, 5.74) is 7.14. The Bertz CT molecular complexity index is 676. The Morgan fingerprint density at radius 1 is 1.18 bits per heavy atom. The Morgan fingerprint density at radius 2 is 1.95 bits per heavy atom. The topological polar surface area (TPSA) is 55.6 Å². The van der Waals surface area contributed by atoms with Gasteiger partial charge in [-0.2, -0.15) is 0 Å². The highest BCUT2D eigenvalue weighted by molar-refractivity contribution is 6.31. The summed E-state index contributed by atoms with van der Waals surface area (Å²) in [6.07, 6.45) is 0.0896. The first kappa shape index (κ1) is 14.9. The molecular weight excluding hydrogens is 300 g/mol. The number of hydrogen-bond acceptors (Lipinski definition) is 3. The lowest BCUT2D eigenvalue weighted by molar-refractivity contribution is -0.126. The molecule has 114 valence electrons. The van der Waals surface area contributed by atoms with Crippen LogP contribution in [0.25, 0.3) is 0 Å². The molecule has 1 heterocycles. The van der Waals surface area contributed by atoms with Gasteiger partial charge >= 0.3 is 0 Å². The normalized spacial score (nSPS) is 17.1. The summed E-state index contributed by atoms with van der Waals surface area (Å²) < 4.78 is 5.91. The summed E-state index contributed by atoms with van der Waals surface area (Å²) in [6, 6.07) is 14.8. The third-order valence-corrected chi connectivity index (χ3v) is 3.87. The molecule has 1 unspecified atom stereocenters. The van der Waals surface area contributed by atoms with Gasteiger partial charge in [0.25, 0.3) is 5.91 Å². The lowest BCUT2D eigenvalue weighted by Crippen LogP contribution is -2.42. The zero-order valence-corrected chi connectivity index (χ0v) is 12.8. The summed E-state index contributed by atoms with van der Waals surface area (Å²) in [5, 5.41) is 0.575. The van der Waals surface area contributed by atoms with Crippen LogP contribution in [0.1, 0.15) is 18.1 Å². The summed E-state index contributed by atoms with van der Waals surface area (Å²) in [5.74, 6) is 0.573. The second-order valence-corrected chi connectivity index (χ2v) is 5.59. The quantitative estimate of drug-likeness (QED) is 0.942. The van der Waals surface area contributed by atoms with Crippen LogP contribution < -0.4 is 15.4 Å². The van der Waals surface area contributed by atoms with Gasteiger partial charge in [0.2, 0.25) is 6.10 Å². The van der Waals surface area contributed by atoms with E-state index in [1.807, 2.05) is 30.3 Å². The lowest BCUT2D eigenvalue weighted by atomic mass is 10.1. The maximum Gasteiger partial charge on any atom is 0.272 e. The number of fused-ring (bicyclic) bond motifs is 1. The van der Waals surface area contributed by atoms with E-state index in [-0.39, 0.29) is 5.91 Å². The molecule has 3 rings (SSSR count). The monoisotopic (exact) mass is 316 g/mol. The van der Waals surface area contributed by atoms with E-state index >= 15 is 0 Å².